The van der Waals surface area contributed by atoms with Gasteiger partial charge >= 0.3 is 11.7 Å². The van der Waals surface area contributed by atoms with Gasteiger partial charge in [-0.05, 0) is 25.7 Å². The zero-order valence-electron chi connectivity index (χ0n) is 12.5. The fourth-order valence-electron chi connectivity index (χ4n) is 2.31. The van der Waals surface area contributed by atoms with E-state index < -0.39 is 11.9 Å². The Hall–Kier alpha value is -1.81. The van der Waals surface area contributed by atoms with Gasteiger partial charge in [-0.2, -0.15) is 0 Å². The third kappa shape index (κ3) is 4.58. The Morgan fingerprint density at radius 3 is 2.91 bits per heavy atom. The molecular weight excluding hydrogens is 322 g/mol. The van der Waals surface area contributed by atoms with Crippen molar-refractivity contribution in [2.45, 2.75) is 49.5 Å². The summed E-state index contributed by atoms with van der Waals surface area (Å²) in [4.78, 5) is 35.0. The van der Waals surface area contributed by atoms with Crippen LogP contribution in [0.1, 0.15) is 25.7 Å². The van der Waals surface area contributed by atoms with Gasteiger partial charge in [0, 0.05) is 12.6 Å². The number of thioether (sulfide) groups is 1. The highest BCUT2D eigenvalue weighted by atomic mass is 32.2. The van der Waals surface area contributed by atoms with E-state index in [-0.39, 0.29) is 23.6 Å². The molecule has 2 aliphatic rings. The lowest BCUT2D eigenvalue weighted by Gasteiger charge is -2.11. The number of aromatic amines is 1. The second-order valence-electron chi connectivity index (χ2n) is 5.64. The predicted octanol–water partition coefficient (Wildman–Crippen LogP) is -0.169. The zero-order chi connectivity index (χ0) is 16.2. The first-order chi connectivity index (χ1) is 11.1. The van der Waals surface area contributed by atoms with E-state index in [1.807, 2.05) is 0 Å². The summed E-state index contributed by atoms with van der Waals surface area (Å²) >= 11 is 1.11. The Morgan fingerprint density at radius 2 is 2.22 bits per heavy atom. The van der Waals surface area contributed by atoms with E-state index in [0.29, 0.717) is 18.3 Å². The average Bonchev–Trinajstić information content (AvgIpc) is 3.04. The summed E-state index contributed by atoms with van der Waals surface area (Å²) in [5.74, 6) is -0.416. The summed E-state index contributed by atoms with van der Waals surface area (Å²) in [6, 6.07) is -0.282. The second-order valence-corrected chi connectivity index (χ2v) is 6.58. The molecule has 126 valence electrons. The van der Waals surface area contributed by atoms with Gasteiger partial charge in [0.05, 0.1) is 18.4 Å². The molecule has 23 heavy (non-hydrogen) atoms. The maximum absolute atomic E-state index is 11.8. The van der Waals surface area contributed by atoms with E-state index in [4.69, 9.17) is 4.74 Å². The summed E-state index contributed by atoms with van der Waals surface area (Å²) in [7, 11) is 0. The fourth-order valence-corrected chi connectivity index (χ4v) is 3.06. The van der Waals surface area contributed by atoms with Crippen molar-refractivity contribution in [1.29, 1.82) is 0 Å². The number of carbonyl (C=O) groups excluding carboxylic acids is 2. The number of hydrogen-bond donors (Lipinski definition) is 3. The van der Waals surface area contributed by atoms with Gasteiger partial charge < -0.3 is 10.1 Å². The molecule has 3 rings (SSSR count). The van der Waals surface area contributed by atoms with Crippen molar-refractivity contribution >= 4 is 23.7 Å². The number of rotatable bonds is 6. The molecule has 1 aliphatic heterocycles. The zero-order valence-corrected chi connectivity index (χ0v) is 13.4. The van der Waals surface area contributed by atoms with Crippen LogP contribution >= 0.6 is 11.8 Å². The number of nitrogens with zero attached hydrogens (tertiary/aromatic N) is 2. The van der Waals surface area contributed by atoms with Gasteiger partial charge in [0.1, 0.15) is 0 Å². The molecule has 2 fully saturated rings. The molecular formula is C13H19N5O4S. The fraction of sp³-hybridized carbons (Fsp3) is 0.692. The number of aromatic nitrogens is 3. The minimum Gasteiger partial charge on any atom is -0.376 e. The summed E-state index contributed by atoms with van der Waals surface area (Å²) in [5, 5.41) is 11.7. The minimum absolute atomic E-state index is 0.00259. The van der Waals surface area contributed by atoms with E-state index >= 15 is 0 Å². The molecule has 9 nitrogen and oxygen atoms in total. The normalized spacial score (nSPS) is 20.4. The molecule has 10 heteroatoms. The van der Waals surface area contributed by atoms with Crippen molar-refractivity contribution in [3.63, 3.8) is 0 Å². The van der Waals surface area contributed by atoms with Gasteiger partial charge in [0.2, 0.25) is 5.91 Å². The predicted molar refractivity (Wildman–Crippen MR) is 82.2 cm³/mol. The first-order valence-electron chi connectivity index (χ1n) is 7.62. The van der Waals surface area contributed by atoms with Crippen LogP contribution in [0.2, 0.25) is 0 Å². The van der Waals surface area contributed by atoms with Crippen molar-refractivity contribution < 1.29 is 14.3 Å². The molecule has 1 aromatic rings. The van der Waals surface area contributed by atoms with E-state index in [2.05, 4.69) is 20.8 Å². The van der Waals surface area contributed by atoms with Gasteiger partial charge in [-0.3, -0.25) is 14.7 Å². The number of amides is 3. The molecule has 0 unspecified atom stereocenters. The van der Waals surface area contributed by atoms with Crippen LogP contribution in [-0.2, 0) is 16.1 Å². The minimum atomic E-state index is -0.475. The summed E-state index contributed by atoms with van der Waals surface area (Å²) in [6.45, 7) is 1.12. The molecule has 0 spiro atoms. The first-order valence-corrected chi connectivity index (χ1v) is 8.60. The van der Waals surface area contributed by atoms with Crippen molar-refractivity contribution in [3.05, 3.63) is 10.5 Å². The molecule has 3 amide bonds. The Morgan fingerprint density at radius 1 is 1.39 bits per heavy atom. The summed E-state index contributed by atoms with van der Waals surface area (Å²) < 4.78 is 6.98. The largest absolute Gasteiger partial charge is 0.376 e. The monoisotopic (exact) mass is 341 g/mol. The third-order valence-corrected chi connectivity index (χ3v) is 4.61. The Kier molecular flexibility index (Phi) is 5.01. The molecule has 1 aliphatic carbocycles. The lowest BCUT2D eigenvalue weighted by Crippen LogP contribution is -2.41. The van der Waals surface area contributed by atoms with Crippen molar-refractivity contribution in [2.24, 2.45) is 0 Å². The molecule has 0 radical (unpaired) electrons. The standard InChI is InChI=1S/C13H19N5O4S/c19-10(15-11(20)14-8-3-4-8)7-23-13-17-16-12(21)18(13)6-9-2-1-5-22-9/h8-9H,1-7H2,(H,16,21)(H2,14,15,19,20)/t9-/m1/s1. The van der Waals surface area contributed by atoms with Crippen LogP contribution < -0.4 is 16.3 Å². The number of nitrogens with one attached hydrogen (secondary N) is 3. The topological polar surface area (TPSA) is 118 Å². The Bertz CT molecular complexity index is 633. The van der Waals surface area contributed by atoms with Crippen molar-refractivity contribution in [3.8, 4) is 0 Å². The molecule has 2 heterocycles. The highest BCUT2D eigenvalue weighted by Crippen LogP contribution is 2.19. The van der Waals surface area contributed by atoms with Crippen molar-refractivity contribution in [1.82, 2.24) is 25.4 Å². The van der Waals surface area contributed by atoms with Crippen LogP contribution in [0.25, 0.3) is 0 Å². The van der Waals surface area contributed by atoms with Gasteiger partial charge in [-0.15, -0.1) is 5.10 Å². The van der Waals surface area contributed by atoms with E-state index in [1.165, 1.54) is 4.57 Å². The molecule has 0 aromatic carbocycles. The molecule has 1 saturated carbocycles. The third-order valence-electron chi connectivity index (χ3n) is 3.63. The average molecular weight is 341 g/mol. The molecule has 1 saturated heterocycles. The Labute approximate surface area is 136 Å². The summed E-state index contributed by atoms with van der Waals surface area (Å²) in [5.41, 5.74) is -0.324. The van der Waals surface area contributed by atoms with Crippen LogP contribution in [0.3, 0.4) is 0 Å². The van der Waals surface area contributed by atoms with Gasteiger partial charge in [0.15, 0.2) is 5.16 Å². The maximum atomic E-state index is 11.8. The van der Waals surface area contributed by atoms with Crippen LogP contribution in [0.4, 0.5) is 4.79 Å². The highest BCUT2D eigenvalue weighted by Gasteiger charge is 2.24. The second kappa shape index (κ2) is 7.18. The van der Waals surface area contributed by atoms with Gasteiger partial charge in [-0.25, -0.2) is 14.7 Å². The molecule has 0 bridgehead atoms. The van der Waals surface area contributed by atoms with Crippen LogP contribution in [0.15, 0.2) is 9.95 Å². The molecule has 1 atom stereocenters. The number of ether oxygens (including phenoxy) is 1. The van der Waals surface area contributed by atoms with E-state index in [0.717, 1.165) is 37.4 Å². The number of urea groups is 1. The number of imide groups is 1. The SMILES string of the molecule is O=C(CSc1n[nH]c(=O)n1C[C@H]1CCCO1)NC(=O)NC1CC1. The van der Waals surface area contributed by atoms with E-state index in [9.17, 15) is 14.4 Å². The van der Waals surface area contributed by atoms with Gasteiger partial charge in [0.25, 0.3) is 0 Å². The van der Waals surface area contributed by atoms with Crippen molar-refractivity contribution in [2.75, 3.05) is 12.4 Å². The van der Waals surface area contributed by atoms with Crippen LogP contribution in [-0.4, -0.2) is 51.2 Å². The summed E-state index contributed by atoms with van der Waals surface area (Å²) in [6.07, 6.45) is 3.81. The van der Waals surface area contributed by atoms with Crippen LogP contribution in [0, 0.1) is 0 Å². The lowest BCUT2D eigenvalue weighted by atomic mass is 10.2. The number of carbonyl (C=O) groups is 2. The highest BCUT2D eigenvalue weighted by molar-refractivity contribution is 7.99. The quantitative estimate of drug-likeness (QED) is 0.618. The molecule has 3 N–H and O–H groups in total. The van der Waals surface area contributed by atoms with E-state index in [1.54, 1.807) is 0 Å². The maximum Gasteiger partial charge on any atom is 0.344 e. The van der Waals surface area contributed by atoms with Crippen LogP contribution in [0.5, 0.6) is 0 Å². The van der Waals surface area contributed by atoms with Gasteiger partial charge in [-0.1, -0.05) is 11.8 Å². The number of H-pyrrole nitrogens is 1. The first kappa shape index (κ1) is 16.1. The lowest BCUT2D eigenvalue weighted by molar-refractivity contribution is -0.117. The number of hydrogen-bond acceptors (Lipinski definition) is 6. The molecule has 1 aromatic heterocycles. The Balaban J connectivity index is 1.50. The smallest absolute Gasteiger partial charge is 0.344 e.